The predicted octanol–water partition coefficient (Wildman–Crippen LogP) is 2.64. The molecule has 1 fully saturated rings. The quantitative estimate of drug-likeness (QED) is 0.911. The molecular formula is C13H14O4S. The molecule has 0 radical (unpaired) electrons. The molecule has 4 nitrogen and oxygen atoms in total. The Morgan fingerprint density at radius 3 is 2.83 bits per heavy atom. The van der Waals surface area contributed by atoms with Crippen LogP contribution in [0.1, 0.15) is 24.8 Å². The standard InChI is InChI=1S/C13H14O4S/c1-16-9-6-11-10(17-7-18-11)5-8(9)13(12(14)15)3-2-4-13/h5-6H,2-4,7H2,1H3,(H,14,15). The second kappa shape index (κ2) is 4.09. The van der Waals surface area contributed by atoms with Crippen LogP contribution in [0.2, 0.25) is 0 Å². The molecular weight excluding hydrogens is 252 g/mol. The fourth-order valence-corrected chi connectivity index (χ4v) is 3.36. The summed E-state index contributed by atoms with van der Waals surface area (Å²) < 4.78 is 10.9. The lowest BCUT2D eigenvalue weighted by Gasteiger charge is -2.38. The lowest BCUT2D eigenvalue weighted by molar-refractivity contribution is -0.147. The number of fused-ring (bicyclic) bond motifs is 1. The van der Waals surface area contributed by atoms with Crippen molar-refractivity contribution in [1.29, 1.82) is 0 Å². The molecule has 0 bridgehead atoms. The monoisotopic (exact) mass is 266 g/mol. The fourth-order valence-electron chi connectivity index (χ4n) is 2.59. The first kappa shape index (κ1) is 11.7. The van der Waals surface area contributed by atoms with Crippen molar-refractivity contribution < 1.29 is 19.4 Å². The predicted molar refractivity (Wildman–Crippen MR) is 67.5 cm³/mol. The maximum Gasteiger partial charge on any atom is 0.314 e. The summed E-state index contributed by atoms with van der Waals surface area (Å²) >= 11 is 1.60. The molecule has 1 saturated carbocycles. The number of carboxylic acids is 1. The molecule has 1 aliphatic heterocycles. The number of carbonyl (C=O) groups is 1. The Morgan fingerprint density at radius 2 is 2.28 bits per heavy atom. The molecule has 0 unspecified atom stereocenters. The summed E-state index contributed by atoms with van der Waals surface area (Å²) in [5.74, 6) is 1.26. The highest BCUT2D eigenvalue weighted by molar-refractivity contribution is 7.99. The van der Waals surface area contributed by atoms with Crippen molar-refractivity contribution in [3.63, 3.8) is 0 Å². The van der Waals surface area contributed by atoms with E-state index in [0.717, 1.165) is 22.6 Å². The Balaban J connectivity index is 2.13. The van der Waals surface area contributed by atoms with E-state index in [1.165, 1.54) is 0 Å². The van der Waals surface area contributed by atoms with Crippen molar-refractivity contribution in [1.82, 2.24) is 0 Å². The molecule has 1 aromatic carbocycles. The molecule has 5 heteroatoms. The zero-order valence-corrected chi connectivity index (χ0v) is 10.9. The topological polar surface area (TPSA) is 55.8 Å². The zero-order chi connectivity index (χ0) is 12.8. The van der Waals surface area contributed by atoms with E-state index in [4.69, 9.17) is 9.47 Å². The zero-order valence-electron chi connectivity index (χ0n) is 10.1. The van der Waals surface area contributed by atoms with Crippen LogP contribution in [0.5, 0.6) is 11.5 Å². The van der Waals surface area contributed by atoms with E-state index in [1.807, 2.05) is 12.1 Å². The van der Waals surface area contributed by atoms with E-state index in [1.54, 1.807) is 18.9 Å². The highest BCUT2D eigenvalue weighted by Crippen LogP contribution is 2.51. The van der Waals surface area contributed by atoms with Crippen LogP contribution in [-0.4, -0.2) is 24.1 Å². The number of hydrogen-bond acceptors (Lipinski definition) is 4. The molecule has 1 heterocycles. The van der Waals surface area contributed by atoms with Crippen LogP contribution in [0.3, 0.4) is 0 Å². The Labute approximate surface area is 109 Å². The maximum atomic E-state index is 11.6. The number of rotatable bonds is 3. The molecule has 1 N–H and O–H groups in total. The smallest absolute Gasteiger partial charge is 0.314 e. The van der Waals surface area contributed by atoms with Crippen molar-refractivity contribution in [3.05, 3.63) is 17.7 Å². The minimum atomic E-state index is -0.781. The number of aliphatic carboxylic acids is 1. The summed E-state index contributed by atoms with van der Waals surface area (Å²) in [6, 6.07) is 3.74. The largest absolute Gasteiger partial charge is 0.496 e. The fraction of sp³-hybridized carbons (Fsp3) is 0.462. The highest BCUT2D eigenvalue weighted by Gasteiger charge is 2.48. The molecule has 0 atom stereocenters. The first-order valence-electron chi connectivity index (χ1n) is 5.89. The van der Waals surface area contributed by atoms with Crippen LogP contribution in [-0.2, 0) is 10.2 Å². The SMILES string of the molecule is COc1cc2c(cc1C1(C(=O)O)CCC1)OCS2. The van der Waals surface area contributed by atoms with Crippen LogP contribution in [0.25, 0.3) is 0 Å². The number of hydrogen-bond donors (Lipinski definition) is 1. The van der Waals surface area contributed by atoms with Gasteiger partial charge < -0.3 is 14.6 Å². The summed E-state index contributed by atoms with van der Waals surface area (Å²) in [7, 11) is 1.58. The molecule has 96 valence electrons. The van der Waals surface area contributed by atoms with E-state index in [0.29, 0.717) is 24.5 Å². The van der Waals surface area contributed by atoms with Gasteiger partial charge in [-0.2, -0.15) is 0 Å². The van der Waals surface area contributed by atoms with Gasteiger partial charge in [0.2, 0.25) is 0 Å². The van der Waals surface area contributed by atoms with Gasteiger partial charge in [-0.05, 0) is 25.0 Å². The molecule has 2 aliphatic rings. The van der Waals surface area contributed by atoms with Gasteiger partial charge in [-0.25, -0.2) is 0 Å². The number of ether oxygens (including phenoxy) is 2. The summed E-state index contributed by atoms with van der Waals surface area (Å²) in [6.07, 6.45) is 2.29. The summed E-state index contributed by atoms with van der Waals surface area (Å²) in [6.45, 7) is 0. The maximum absolute atomic E-state index is 11.6. The van der Waals surface area contributed by atoms with Crippen molar-refractivity contribution in [3.8, 4) is 11.5 Å². The van der Waals surface area contributed by atoms with E-state index in [2.05, 4.69) is 0 Å². The average Bonchev–Trinajstić information content (AvgIpc) is 2.72. The van der Waals surface area contributed by atoms with Gasteiger partial charge in [-0.1, -0.05) is 18.2 Å². The number of benzene rings is 1. The highest BCUT2D eigenvalue weighted by atomic mass is 32.2. The van der Waals surface area contributed by atoms with Gasteiger partial charge in [0.15, 0.2) is 0 Å². The number of methoxy groups -OCH3 is 1. The van der Waals surface area contributed by atoms with Crippen molar-refractivity contribution in [2.24, 2.45) is 0 Å². The van der Waals surface area contributed by atoms with Gasteiger partial charge in [0.25, 0.3) is 0 Å². The van der Waals surface area contributed by atoms with E-state index < -0.39 is 11.4 Å². The normalized spacial score (nSPS) is 19.6. The minimum absolute atomic E-state index is 0.585. The van der Waals surface area contributed by atoms with E-state index >= 15 is 0 Å². The Kier molecular flexibility index (Phi) is 2.66. The van der Waals surface area contributed by atoms with Crippen LogP contribution < -0.4 is 9.47 Å². The summed E-state index contributed by atoms with van der Waals surface area (Å²) in [4.78, 5) is 12.6. The van der Waals surface area contributed by atoms with E-state index in [9.17, 15) is 9.90 Å². The lowest BCUT2D eigenvalue weighted by atomic mass is 9.64. The number of carboxylic acid groups (broad SMARTS) is 1. The molecule has 0 spiro atoms. The molecule has 0 aromatic heterocycles. The van der Waals surface area contributed by atoms with Crippen LogP contribution in [0.4, 0.5) is 0 Å². The molecule has 3 rings (SSSR count). The van der Waals surface area contributed by atoms with Crippen LogP contribution in [0, 0.1) is 0 Å². The van der Waals surface area contributed by atoms with Gasteiger partial charge >= 0.3 is 5.97 Å². The average molecular weight is 266 g/mol. The third-order valence-electron chi connectivity index (χ3n) is 3.83. The molecule has 0 saturated heterocycles. The first-order chi connectivity index (χ1) is 8.67. The summed E-state index contributed by atoms with van der Waals surface area (Å²) in [5, 5.41) is 9.50. The minimum Gasteiger partial charge on any atom is -0.496 e. The van der Waals surface area contributed by atoms with Crippen LogP contribution in [0.15, 0.2) is 17.0 Å². The third kappa shape index (κ3) is 1.50. The Morgan fingerprint density at radius 1 is 1.50 bits per heavy atom. The van der Waals surface area contributed by atoms with Gasteiger partial charge in [0.1, 0.15) is 17.4 Å². The second-order valence-electron chi connectivity index (χ2n) is 4.65. The Hall–Kier alpha value is -1.36. The van der Waals surface area contributed by atoms with Crippen molar-refractivity contribution in [2.75, 3.05) is 13.0 Å². The molecule has 1 aromatic rings. The Bertz CT molecular complexity index is 508. The molecule has 0 amide bonds. The second-order valence-corrected chi connectivity index (χ2v) is 5.61. The van der Waals surface area contributed by atoms with Crippen molar-refractivity contribution >= 4 is 17.7 Å². The van der Waals surface area contributed by atoms with Gasteiger partial charge in [-0.15, -0.1) is 0 Å². The first-order valence-corrected chi connectivity index (χ1v) is 6.87. The van der Waals surface area contributed by atoms with E-state index in [-0.39, 0.29) is 0 Å². The van der Waals surface area contributed by atoms with Gasteiger partial charge in [0.05, 0.1) is 17.4 Å². The van der Waals surface area contributed by atoms with Gasteiger partial charge in [0, 0.05) is 5.56 Å². The lowest BCUT2D eigenvalue weighted by Crippen LogP contribution is -2.42. The van der Waals surface area contributed by atoms with Gasteiger partial charge in [-0.3, -0.25) is 4.79 Å². The third-order valence-corrected chi connectivity index (χ3v) is 4.69. The number of thioether (sulfide) groups is 1. The van der Waals surface area contributed by atoms with Crippen molar-refractivity contribution in [2.45, 2.75) is 29.6 Å². The summed E-state index contributed by atoms with van der Waals surface area (Å²) in [5.41, 5.74) is -0.0261. The van der Waals surface area contributed by atoms with Crippen LogP contribution >= 0.6 is 11.8 Å². The molecule has 1 aliphatic carbocycles. The molecule has 18 heavy (non-hydrogen) atoms.